The molecule has 0 radical (unpaired) electrons. The van der Waals surface area contributed by atoms with Gasteiger partial charge in [0, 0.05) is 18.3 Å². The number of sulfonamides is 1. The number of carbonyl (C=O) groups is 1. The maximum Gasteiger partial charge on any atom is 0.328 e. The van der Waals surface area contributed by atoms with Gasteiger partial charge in [-0.2, -0.15) is 0 Å². The molecule has 0 aliphatic heterocycles. The molecule has 0 fully saturated rings. The molecule has 4 N–H and O–H groups in total. The van der Waals surface area contributed by atoms with Gasteiger partial charge in [0.15, 0.2) is 0 Å². The summed E-state index contributed by atoms with van der Waals surface area (Å²) in [5, 5.41) is 8.35. The van der Waals surface area contributed by atoms with Gasteiger partial charge in [-0.15, -0.1) is 0 Å². The Kier molecular flexibility index (Phi) is 8.27. The van der Waals surface area contributed by atoms with Gasteiger partial charge < -0.3 is 20.3 Å². The van der Waals surface area contributed by atoms with Crippen LogP contribution in [0.1, 0.15) is 0 Å². The second-order valence-corrected chi connectivity index (χ2v) is 6.16. The molecule has 0 aliphatic carbocycles. The van der Waals surface area contributed by atoms with E-state index >= 15 is 0 Å². The third kappa shape index (κ3) is 8.31. The summed E-state index contributed by atoms with van der Waals surface area (Å²) in [5.74, 6) is -1.03. The summed E-state index contributed by atoms with van der Waals surface area (Å²) in [4.78, 5) is 10.3. The first-order valence-electron chi connectivity index (χ1n) is 6.82. The summed E-state index contributed by atoms with van der Waals surface area (Å²) in [6.07, 6.45) is 2.37. The largest absolute Gasteiger partial charge is 0.478 e. The van der Waals surface area contributed by atoms with E-state index in [1.807, 2.05) is 0 Å². The molecule has 0 aliphatic rings. The van der Waals surface area contributed by atoms with E-state index in [2.05, 4.69) is 4.72 Å². The summed E-state index contributed by atoms with van der Waals surface area (Å²) >= 11 is 0. The van der Waals surface area contributed by atoms with Crippen molar-refractivity contribution in [1.82, 2.24) is 4.72 Å². The molecule has 0 saturated heterocycles. The zero-order valence-electron chi connectivity index (χ0n) is 12.5. The van der Waals surface area contributed by atoms with Crippen LogP contribution in [-0.4, -0.2) is 52.5 Å². The number of aliphatic carboxylic acids is 1. The fraction of sp³-hybridized carbons (Fsp3) is 0.357. The smallest absolute Gasteiger partial charge is 0.328 e. The van der Waals surface area contributed by atoms with E-state index in [4.69, 9.17) is 20.3 Å². The van der Waals surface area contributed by atoms with Gasteiger partial charge in [0.1, 0.15) is 0 Å². The number of hydrogen-bond acceptors (Lipinski definition) is 6. The Morgan fingerprint density at radius 3 is 2.48 bits per heavy atom. The Morgan fingerprint density at radius 2 is 1.83 bits per heavy atom. The van der Waals surface area contributed by atoms with Gasteiger partial charge in [-0.1, -0.05) is 6.08 Å². The minimum atomic E-state index is -3.57. The Labute approximate surface area is 134 Å². The van der Waals surface area contributed by atoms with E-state index < -0.39 is 16.0 Å². The molecule has 0 spiro atoms. The van der Waals surface area contributed by atoms with Crippen LogP contribution in [0.25, 0.3) is 0 Å². The SMILES string of the molecule is Nc1ccc(S(=O)(=O)NCCOCCOC/C=C/C(=O)O)cc1. The van der Waals surface area contributed by atoms with E-state index in [1.54, 1.807) is 0 Å². The molecular formula is C14H20N2O6S. The van der Waals surface area contributed by atoms with Crippen LogP contribution >= 0.6 is 0 Å². The van der Waals surface area contributed by atoms with E-state index in [1.165, 1.54) is 30.3 Å². The number of hydrogen-bond donors (Lipinski definition) is 3. The number of nitrogens with one attached hydrogen (secondary N) is 1. The minimum absolute atomic E-state index is 0.131. The zero-order chi connectivity index (χ0) is 17.1. The van der Waals surface area contributed by atoms with Crippen LogP contribution in [0, 0.1) is 0 Å². The van der Waals surface area contributed by atoms with Gasteiger partial charge in [0.25, 0.3) is 0 Å². The van der Waals surface area contributed by atoms with Crippen molar-refractivity contribution in [3.05, 3.63) is 36.4 Å². The summed E-state index contributed by atoms with van der Waals surface area (Å²) in [7, 11) is -3.57. The summed E-state index contributed by atoms with van der Waals surface area (Å²) in [6, 6.07) is 5.89. The fourth-order valence-electron chi connectivity index (χ4n) is 1.50. The van der Waals surface area contributed by atoms with Crippen molar-refractivity contribution in [2.75, 3.05) is 38.7 Å². The predicted molar refractivity (Wildman–Crippen MR) is 84.5 cm³/mol. The van der Waals surface area contributed by atoms with E-state index in [-0.39, 0.29) is 37.9 Å². The maximum absolute atomic E-state index is 11.9. The number of carboxylic acids is 1. The third-order valence-electron chi connectivity index (χ3n) is 2.58. The lowest BCUT2D eigenvalue weighted by molar-refractivity contribution is -0.131. The number of rotatable bonds is 11. The first kappa shape index (κ1) is 19.1. The first-order valence-corrected chi connectivity index (χ1v) is 8.30. The van der Waals surface area contributed by atoms with Crippen molar-refractivity contribution in [3.8, 4) is 0 Å². The second-order valence-electron chi connectivity index (χ2n) is 4.39. The van der Waals surface area contributed by atoms with Crippen LogP contribution in [-0.2, 0) is 24.3 Å². The van der Waals surface area contributed by atoms with Crippen LogP contribution in [0.15, 0.2) is 41.3 Å². The summed E-state index contributed by atoms with van der Waals surface area (Å²) in [5.41, 5.74) is 5.99. The molecule has 0 aromatic heterocycles. The Balaban J connectivity index is 2.12. The molecule has 1 aromatic rings. The van der Waals surface area contributed by atoms with E-state index in [0.29, 0.717) is 5.69 Å². The van der Waals surface area contributed by atoms with Gasteiger partial charge in [-0.05, 0) is 24.3 Å². The summed E-state index contributed by atoms with van der Waals surface area (Å²) in [6.45, 7) is 1.08. The molecule has 0 heterocycles. The van der Waals surface area contributed by atoms with E-state index in [0.717, 1.165) is 6.08 Å². The van der Waals surface area contributed by atoms with Gasteiger partial charge in [0.2, 0.25) is 10.0 Å². The first-order chi connectivity index (χ1) is 10.9. The van der Waals surface area contributed by atoms with Crippen molar-refractivity contribution < 1.29 is 27.8 Å². The molecule has 0 saturated carbocycles. The third-order valence-corrected chi connectivity index (χ3v) is 4.05. The fourth-order valence-corrected chi connectivity index (χ4v) is 2.51. The predicted octanol–water partition coefficient (Wildman–Crippen LogP) is 0.221. The number of nitrogen functional groups attached to an aromatic ring is 1. The Morgan fingerprint density at radius 1 is 1.17 bits per heavy atom. The van der Waals surface area contributed by atoms with Crippen LogP contribution in [0.4, 0.5) is 5.69 Å². The molecule has 0 atom stereocenters. The van der Waals surface area contributed by atoms with Gasteiger partial charge in [-0.3, -0.25) is 0 Å². The number of nitrogens with two attached hydrogens (primary N) is 1. The molecule has 0 amide bonds. The van der Waals surface area contributed by atoms with Gasteiger partial charge in [0.05, 0.1) is 31.3 Å². The highest BCUT2D eigenvalue weighted by Gasteiger charge is 2.12. The van der Waals surface area contributed by atoms with Crippen LogP contribution in [0.5, 0.6) is 0 Å². The van der Waals surface area contributed by atoms with E-state index in [9.17, 15) is 13.2 Å². The van der Waals surface area contributed by atoms with Crippen molar-refractivity contribution in [2.45, 2.75) is 4.90 Å². The molecule has 23 heavy (non-hydrogen) atoms. The topological polar surface area (TPSA) is 128 Å². The van der Waals surface area contributed by atoms with Crippen molar-refractivity contribution in [2.24, 2.45) is 0 Å². The quantitative estimate of drug-likeness (QED) is 0.298. The average molecular weight is 344 g/mol. The Bertz CT molecular complexity index is 613. The molecule has 0 unspecified atom stereocenters. The lowest BCUT2D eigenvalue weighted by Gasteiger charge is -2.08. The molecule has 0 bridgehead atoms. The standard InChI is InChI=1S/C14H20N2O6S/c15-12-3-5-13(6-4-12)23(19,20)16-7-9-22-11-10-21-8-1-2-14(17)18/h1-6,16H,7-11,15H2,(H,17,18)/b2-1+. The number of carboxylic acid groups (broad SMARTS) is 1. The highest BCUT2D eigenvalue weighted by molar-refractivity contribution is 7.89. The zero-order valence-corrected chi connectivity index (χ0v) is 13.3. The maximum atomic E-state index is 11.9. The molecule has 1 rings (SSSR count). The second kappa shape index (κ2) is 9.95. The molecule has 1 aromatic carbocycles. The van der Waals surface area contributed by atoms with Crippen molar-refractivity contribution >= 4 is 21.7 Å². The highest BCUT2D eigenvalue weighted by Crippen LogP contribution is 2.10. The monoisotopic (exact) mass is 344 g/mol. The molecular weight excluding hydrogens is 324 g/mol. The molecule has 128 valence electrons. The Hall–Kier alpha value is -1.94. The lowest BCUT2D eigenvalue weighted by Crippen LogP contribution is -2.27. The minimum Gasteiger partial charge on any atom is -0.478 e. The van der Waals surface area contributed by atoms with Crippen molar-refractivity contribution in [3.63, 3.8) is 0 Å². The van der Waals surface area contributed by atoms with Crippen LogP contribution in [0.2, 0.25) is 0 Å². The average Bonchev–Trinajstić information content (AvgIpc) is 2.49. The number of anilines is 1. The molecule has 9 heteroatoms. The summed E-state index contributed by atoms with van der Waals surface area (Å²) < 4.78 is 36.5. The van der Waals surface area contributed by atoms with Gasteiger partial charge in [-0.25, -0.2) is 17.9 Å². The number of ether oxygens (including phenoxy) is 2. The van der Waals surface area contributed by atoms with Crippen molar-refractivity contribution in [1.29, 1.82) is 0 Å². The number of benzene rings is 1. The molecule has 8 nitrogen and oxygen atoms in total. The normalized spacial score (nSPS) is 11.8. The lowest BCUT2D eigenvalue weighted by atomic mass is 10.3. The van der Waals surface area contributed by atoms with Crippen LogP contribution in [0.3, 0.4) is 0 Å². The van der Waals surface area contributed by atoms with Gasteiger partial charge >= 0.3 is 5.97 Å². The van der Waals surface area contributed by atoms with Crippen LogP contribution < -0.4 is 10.5 Å². The highest BCUT2D eigenvalue weighted by atomic mass is 32.2.